The van der Waals surface area contributed by atoms with Gasteiger partial charge in [0.1, 0.15) is 5.82 Å². The zero-order chi connectivity index (χ0) is 13.7. The van der Waals surface area contributed by atoms with Gasteiger partial charge in [-0.15, -0.1) is 0 Å². The first-order chi connectivity index (χ1) is 9.15. The number of H-pyrrole nitrogens is 1. The second kappa shape index (κ2) is 6.24. The maximum absolute atomic E-state index is 11.6. The van der Waals surface area contributed by atoms with Gasteiger partial charge in [-0.3, -0.25) is 9.78 Å². The fourth-order valence-electron chi connectivity index (χ4n) is 1.73. The van der Waals surface area contributed by atoms with Gasteiger partial charge in [-0.2, -0.15) is 0 Å². The van der Waals surface area contributed by atoms with Gasteiger partial charge in [0, 0.05) is 30.6 Å². The molecule has 0 aromatic carbocycles. The topological polar surface area (TPSA) is 70.7 Å². The maximum Gasteiger partial charge on any atom is 0.251 e. The highest BCUT2D eigenvalue weighted by Gasteiger charge is 2.04. The molecule has 0 aliphatic rings. The Bertz CT molecular complexity index is 577. The van der Waals surface area contributed by atoms with Crippen LogP contribution in [-0.2, 0) is 6.54 Å². The van der Waals surface area contributed by atoms with E-state index in [1.165, 1.54) is 6.07 Å². The van der Waals surface area contributed by atoms with Crippen LogP contribution in [-0.4, -0.2) is 21.5 Å². The van der Waals surface area contributed by atoms with E-state index in [2.05, 4.69) is 34.1 Å². The Hall–Kier alpha value is -2.01. The molecule has 5 heteroatoms. The molecule has 0 aliphatic carbocycles. The number of hydrogen-bond acceptors (Lipinski definition) is 4. The molecule has 2 aromatic rings. The van der Waals surface area contributed by atoms with E-state index in [1.54, 1.807) is 12.4 Å². The molecule has 0 saturated heterocycles. The number of aromatic amines is 1. The number of nitrogens with one attached hydrogen (secondary N) is 2. The van der Waals surface area contributed by atoms with Crippen LogP contribution in [0.3, 0.4) is 0 Å². The van der Waals surface area contributed by atoms with Gasteiger partial charge in [-0.25, -0.2) is 4.98 Å². The van der Waals surface area contributed by atoms with E-state index < -0.39 is 0 Å². The molecule has 2 rings (SSSR count). The van der Waals surface area contributed by atoms with Crippen LogP contribution in [0.5, 0.6) is 0 Å². The third-order valence-electron chi connectivity index (χ3n) is 2.59. The van der Waals surface area contributed by atoms with Crippen LogP contribution in [0.2, 0.25) is 0 Å². The molecule has 0 radical (unpaired) electrons. The average molecular weight is 258 g/mol. The minimum atomic E-state index is -0.143. The molecule has 19 heavy (non-hydrogen) atoms. The summed E-state index contributed by atoms with van der Waals surface area (Å²) in [6.07, 6.45) is 3.37. The molecule has 0 unspecified atom stereocenters. The van der Waals surface area contributed by atoms with Crippen LogP contribution in [0.1, 0.15) is 19.5 Å². The molecule has 5 nitrogen and oxygen atoms in total. The van der Waals surface area contributed by atoms with Crippen molar-refractivity contribution in [3.63, 3.8) is 0 Å². The monoisotopic (exact) mass is 258 g/mol. The van der Waals surface area contributed by atoms with E-state index in [-0.39, 0.29) is 5.56 Å². The molecule has 2 N–H and O–H groups in total. The number of rotatable bonds is 5. The summed E-state index contributed by atoms with van der Waals surface area (Å²) < 4.78 is 0. The predicted octanol–water partition coefficient (Wildman–Crippen LogP) is 1.58. The van der Waals surface area contributed by atoms with Gasteiger partial charge < -0.3 is 10.3 Å². The van der Waals surface area contributed by atoms with E-state index in [9.17, 15) is 4.79 Å². The summed E-state index contributed by atoms with van der Waals surface area (Å²) >= 11 is 0. The number of nitrogens with zero attached hydrogens (tertiary/aromatic N) is 2. The van der Waals surface area contributed by atoms with Crippen molar-refractivity contribution in [2.24, 2.45) is 5.92 Å². The highest BCUT2D eigenvalue weighted by molar-refractivity contribution is 5.52. The smallest absolute Gasteiger partial charge is 0.251 e. The van der Waals surface area contributed by atoms with Gasteiger partial charge in [0.15, 0.2) is 0 Å². The van der Waals surface area contributed by atoms with Crippen LogP contribution < -0.4 is 10.9 Å². The number of aromatic nitrogens is 3. The molecular weight excluding hydrogens is 240 g/mol. The second-order valence-corrected chi connectivity index (χ2v) is 4.85. The Labute approximate surface area is 112 Å². The first kappa shape index (κ1) is 13.4. The third-order valence-corrected chi connectivity index (χ3v) is 2.59. The quantitative estimate of drug-likeness (QED) is 0.854. The Kier molecular flexibility index (Phi) is 4.41. The van der Waals surface area contributed by atoms with Gasteiger partial charge >= 0.3 is 0 Å². The largest absolute Gasteiger partial charge is 0.311 e. The zero-order valence-electron chi connectivity index (χ0n) is 11.2. The highest BCUT2D eigenvalue weighted by Crippen LogP contribution is 2.10. The normalized spacial score (nSPS) is 10.9. The van der Waals surface area contributed by atoms with Crippen LogP contribution in [0.25, 0.3) is 11.4 Å². The summed E-state index contributed by atoms with van der Waals surface area (Å²) in [6.45, 7) is 5.77. The fourth-order valence-corrected chi connectivity index (χ4v) is 1.73. The summed E-state index contributed by atoms with van der Waals surface area (Å²) in [7, 11) is 0. The van der Waals surface area contributed by atoms with Crippen LogP contribution >= 0.6 is 0 Å². The number of hydrogen-bond donors (Lipinski definition) is 2. The van der Waals surface area contributed by atoms with Crippen LogP contribution in [0, 0.1) is 5.92 Å². The summed E-state index contributed by atoms with van der Waals surface area (Å²) in [5, 5.41) is 3.28. The summed E-state index contributed by atoms with van der Waals surface area (Å²) in [5.41, 5.74) is 1.41. The minimum Gasteiger partial charge on any atom is -0.311 e. The molecular formula is C14H18N4O. The predicted molar refractivity (Wildman–Crippen MR) is 74.6 cm³/mol. The Morgan fingerprint density at radius 3 is 2.95 bits per heavy atom. The number of pyridine rings is 1. The van der Waals surface area contributed by atoms with E-state index in [0.717, 1.165) is 17.8 Å². The Morgan fingerprint density at radius 1 is 1.42 bits per heavy atom. The highest BCUT2D eigenvalue weighted by atomic mass is 16.1. The lowest BCUT2D eigenvalue weighted by molar-refractivity contribution is 0.548. The van der Waals surface area contributed by atoms with E-state index in [1.807, 2.05) is 12.1 Å². The van der Waals surface area contributed by atoms with Crippen LogP contribution in [0.4, 0.5) is 0 Å². The van der Waals surface area contributed by atoms with Gasteiger partial charge in [-0.05, 0) is 24.6 Å². The van der Waals surface area contributed by atoms with Crippen molar-refractivity contribution in [3.05, 3.63) is 46.6 Å². The molecule has 2 aromatic heterocycles. The first-order valence-corrected chi connectivity index (χ1v) is 6.36. The molecule has 0 atom stereocenters. The van der Waals surface area contributed by atoms with Gasteiger partial charge in [0.05, 0.1) is 5.69 Å². The van der Waals surface area contributed by atoms with Crippen molar-refractivity contribution in [1.82, 2.24) is 20.3 Å². The molecule has 0 bridgehead atoms. The molecule has 100 valence electrons. The van der Waals surface area contributed by atoms with E-state index in [0.29, 0.717) is 18.3 Å². The molecule has 0 saturated carbocycles. The standard InChI is InChI=1S/C14H18N4O/c1-10(2)7-16-9-12-6-13(19)18-14(17-12)11-4-3-5-15-8-11/h3-6,8,10,16H,7,9H2,1-2H3,(H,17,18,19). The average Bonchev–Trinajstić information content (AvgIpc) is 2.39. The lowest BCUT2D eigenvalue weighted by Crippen LogP contribution is -2.21. The van der Waals surface area contributed by atoms with E-state index >= 15 is 0 Å². The third kappa shape index (κ3) is 3.99. The van der Waals surface area contributed by atoms with Gasteiger partial charge in [0.25, 0.3) is 5.56 Å². The van der Waals surface area contributed by atoms with Crippen LogP contribution in [0.15, 0.2) is 35.4 Å². The van der Waals surface area contributed by atoms with Crippen molar-refractivity contribution in [2.75, 3.05) is 6.54 Å². The maximum atomic E-state index is 11.6. The van der Waals surface area contributed by atoms with Crippen molar-refractivity contribution < 1.29 is 0 Å². The van der Waals surface area contributed by atoms with Gasteiger partial charge in [0.2, 0.25) is 0 Å². The SMILES string of the molecule is CC(C)CNCc1cc(=O)[nH]c(-c2cccnc2)n1. The lowest BCUT2D eigenvalue weighted by Gasteiger charge is -2.07. The molecule has 0 aliphatic heterocycles. The summed E-state index contributed by atoms with van der Waals surface area (Å²) in [6, 6.07) is 5.21. The summed E-state index contributed by atoms with van der Waals surface area (Å²) in [5.74, 6) is 1.13. The molecule has 0 fully saturated rings. The Balaban J connectivity index is 2.18. The van der Waals surface area contributed by atoms with Crippen molar-refractivity contribution in [1.29, 1.82) is 0 Å². The fraction of sp³-hybridized carbons (Fsp3) is 0.357. The lowest BCUT2D eigenvalue weighted by atomic mass is 10.2. The molecule has 2 heterocycles. The zero-order valence-corrected chi connectivity index (χ0v) is 11.2. The minimum absolute atomic E-state index is 0.143. The van der Waals surface area contributed by atoms with Crippen molar-refractivity contribution >= 4 is 0 Å². The van der Waals surface area contributed by atoms with E-state index in [4.69, 9.17) is 0 Å². The summed E-state index contributed by atoms with van der Waals surface area (Å²) in [4.78, 5) is 22.8. The molecule has 0 amide bonds. The van der Waals surface area contributed by atoms with Crippen molar-refractivity contribution in [2.45, 2.75) is 20.4 Å². The second-order valence-electron chi connectivity index (χ2n) is 4.85. The first-order valence-electron chi connectivity index (χ1n) is 6.36. The van der Waals surface area contributed by atoms with Crippen molar-refractivity contribution in [3.8, 4) is 11.4 Å². The van der Waals surface area contributed by atoms with Gasteiger partial charge in [-0.1, -0.05) is 13.8 Å². The molecule has 0 spiro atoms. The Morgan fingerprint density at radius 2 is 2.26 bits per heavy atom.